The van der Waals surface area contributed by atoms with Crippen LogP contribution < -0.4 is 5.32 Å². The summed E-state index contributed by atoms with van der Waals surface area (Å²) >= 11 is 0. The highest BCUT2D eigenvalue weighted by atomic mass is 19.1. The van der Waals surface area contributed by atoms with Gasteiger partial charge in [0.1, 0.15) is 5.82 Å². The zero-order valence-electron chi connectivity index (χ0n) is 12.9. The molecule has 118 valence electrons. The van der Waals surface area contributed by atoms with Crippen LogP contribution in [-0.2, 0) is 18.6 Å². The van der Waals surface area contributed by atoms with E-state index in [1.807, 2.05) is 10.7 Å². The molecule has 5 nitrogen and oxygen atoms in total. The molecule has 2 rings (SSSR count). The fourth-order valence-corrected chi connectivity index (χ4v) is 2.24. The molecule has 22 heavy (non-hydrogen) atoms. The lowest BCUT2D eigenvalue weighted by molar-refractivity contribution is 0.0696. The van der Waals surface area contributed by atoms with Gasteiger partial charge in [0, 0.05) is 24.8 Å². The molecule has 1 aromatic heterocycles. The van der Waals surface area contributed by atoms with Gasteiger partial charge in [-0.15, -0.1) is 0 Å². The van der Waals surface area contributed by atoms with Crippen LogP contribution in [0.4, 0.5) is 4.39 Å². The van der Waals surface area contributed by atoms with Gasteiger partial charge in [-0.1, -0.05) is 0 Å². The van der Waals surface area contributed by atoms with Gasteiger partial charge >= 0.3 is 5.97 Å². The molecule has 0 amide bonds. The summed E-state index contributed by atoms with van der Waals surface area (Å²) in [5.41, 5.74) is 1.27. The molecule has 1 heterocycles. The van der Waals surface area contributed by atoms with Crippen molar-refractivity contribution in [1.29, 1.82) is 0 Å². The topological polar surface area (TPSA) is 67.2 Å². The van der Waals surface area contributed by atoms with E-state index >= 15 is 0 Å². The van der Waals surface area contributed by atoms with Gasteiger partial charge in [-0.25, -0.2) is 9.18 Å². The Balaban J connectivity index is 2.04. The van der Waals surface area contributed by atoms with Crippen molar-refractivity contribution in [2.75, 3.05) is 0 Å². The predicted octanol–water partition coefficient (Wildman–Crippen LogP) is 2.77. The van der Waals surface area contributed by atoms with E-state index in [1.54, 1.807) is 6.20 Å². The molecule has 0 fully saturated rings. The Morgan fingerprint density at radius 2 is 2.05 bits per heavy atom. The highest BCUT2D eigenvalue weighted by Crippen LogP contribution is 2.16. The second-order valence-corrected chi connectivity index (χ2v) is 6.12. The van der Waals surface area contributed by atoms with Gasteiger partial charge in [0.2, 0.25) is 0 Å². The summed E-state index contributed by atoms with van der Waals surface area (Å²) in [5.74, 6) is -1.48. The largest absolute Gasteiger partial charge is 0.478 e. The Morgan fingerprint density at radius 1 is 1.32 bits per heavy atom. The van der Waals surface area contributed by atoms with Gasteiger partial charge in [-0.05, 0) is 45.0 Å². The number of nitrogens with zero attached hydrogens (tertiary/aromatic N) is 2. The van der Waals surface area contributed by atoms with E-state index in [0.29, 0.717) is 12.1 Å². The molecule has 0 saturated heterocycles. The van der Waals surface area contributed by atoms with E-state index in [0.717, 1.165) is 5.69 Å². The summed E-state index contributed by atoms with van der Waals surface area (Å²) in [4.78, 5) is 10.9. The number of aromatic nitrogens is 2. The first-order valence-electron chi connectivity index (χ1n) is 7.05. The SMILES string of the molecule is CC(C)(C)n1nccc1CNCc1cc(C(=O)O)ccc1F. The molecule has 0 aliphatic heterocycles. The fraction of sp³-hybridized carbons (Fsp3) is 0.375. The molecule has 0 radical (unpaired) electrons. The number of rotatable bonds is 5. The van der Waals surface area contributed by atoms with E-state index in [9.17, 15) is 9.18 Å². The fourth-order valence-electron chi connectivity index (χ4n) is 2.24. The number of hydrogen-bond acceptors (Lipinski definition) is 3. The lowest BCUT2D eigenvalue weighted by Crippen LogP contribution is -2.27. The summed E-state index contributed by atoms with van der Waals surface area (Å²) in [5, 5.41) is 16.4. The summed E-state index contributed by atoms with van der Waals surface area (Å²) in [6.45, 7) is 6.94. The highest BCUT2D eigenvalue weighted by Gasteiger charge is 2.17. The number of aromatic carboxylic acids is 1. The van der Waals surface area contributed by atoms with Crippen molar-refractivity contribution in [3.63, 3.8) is 0 Å². The Morgan fingerprint density at radius 3 is 2.68 bits per heavy atom. The van der Waals surface area contributed by atoms with E-state index in [-0.39, 0.29) is 17.6 Å². The number of nitrogens with one attached hydrogen (secondary N) is 1. The van der Waals surface area contributed by atoms with Crippen LogP contribution >= 0.6 is 0 Å². The Hall–Kier alpha value is -2.21. The first kappa shape index (κ1) is 16.2. The first-order valence-corrected chi connectivity index (χ1v) is 7.05. The van der Waals surface area contributed by atoms with Crippen LogP contribution in [0.3, 0.4) is 0 Å². The first-order chi connectivity index (χ1) is 10.3. The second-order valence-electron chi connectivity index (χ2n) is 6.12. The van der Waals surface area contributed by atoms with E-state index in [4.69, 9.17) is 5.11 Å². The van der Waals surface area contributed by atoms with Crippen molar-refractivity contribution in [3.05, 3.63) is 53.1 Å². The van der Waals surface area contributed by atoms with Crippen LogP contribution in [0, 0.1) is 5.82 Å². The third kappa shape index (κ3) is 3.71. The summed E-state index contributed by atoms with van der Waals surface area (Å²) in [6, 6.07) is 5.70. The van der Waals surface area contributed by atoms with Crippen molar-refractivity contribution in [3.8, 4) is 0 Å². The van der Waals surface area contributed by atoms with Gasteiger partial charge in [0.15, 0.2) is 0 Å². The average molecular weight is 305 g/mol. The van der Waals surface area contributed by atoms with E-state index in [2.05, 4.69) is 31.2 Å². The maximum Gasteiger partial charge on any atom is 0.335 e. The molecule has 1 aromatic carbocycles. The molecule has 0 spiro atoms. The molecule has 2 N–H and O–H groups in total. The highest BCUT2D eigenvalue weighted by molar-refractivity contribution is 5.87. The Kier molecular flexibility index (Phi) is 4.61. The molecule has 0 aliphatic carbocycles. The molecule has 0 unspecified atom stereocenters. The average Bonchev–Trinajstić information content (AvgIpc) is 2.89. The zero-order valence-corrected chi connectivity index (χ0v) is 12.9. The molecular weight excluding hydrogens is 285 g/mol. The molecule has 0 bridgehead atoms. The third-order valence-corrected chi connectivity index (χ3v) is 3.27. The van der Waals surface area contributed by atoms with Crippen LogP contribution in [-0.4, -0.2) is 20.9 Å². The molecule has 0 saturated carbocycles. The van der Waals surface area contributed by atoms with Crippen LogP contribution in [0.1, 0.15) is 42.4 Å². The lowest BCUT2D eigenvalue weighted by Gasteiger charge is -2.22. The third-order valence-electron chi connectivity index (χ3n) is 3.27. The lowest BCUT2D eigenvalue weighted by atomic mass is 10.1. The quantitative estimate of drug-likeness (QED) is 0.891. The van der Waals surface area contributed by atoms with Crippen LogP contribution in [0.2, 0.25) is 0 Å². The van der Waals surface area contributed by atoms with Crippen LogP contribution in [0.15, 0.2) is 30.5 Å². The second kappa shape index (κ2) is 6.27. The molecule has 0 aliphatic rings. The summed E-state index contributed by atoms with van der Waals surface area (Å²) < 4.78 is 15.6. The van der Waals surface area contributed by atoms with Gasteiger partial charge in [-0.3, -0.25) is 4.68 Å². The van der Waals surface area contributed by atoms with E-state index < -0.39 is 11.8 Å². The number of carboxylic acids is 1. The molecular formula is C16H20FN3O2. The Bertz CT molecular complexity index is 674. The minimum absolute atomic E-state index is 0.0814. The standard InChI is InChI=1S/C16H20FN3O2/c1-16(2,3)20-13(6-7-19-20)10-18-9-12-8-11(15(21)22)4-5-14(12)17/h4-8,18H,9-10H2,1-3H3,(H,21,22). The number of halogens is 1. The smallest absolute Gasteiger partial charge is 0.335 e. The van der Waals surface area contributed by atoms with Gasteiger partial charge in [-0.2, -0.15) is 5.10 Å². The minimum Gasteiger partial charge on any atom is -0.478 e. The van der Waals surface area contributed by atoms with Crippen molar-refractivity contribution in [2.45, 2.75) is 39.4 Å². The summed E-state index contributed by atoms with van der Waals surface area (Å²) in [7, 11) is 0. The van der Waals surface area contributed by atoms with Crippen molar-refractivity contribution < 1.29 is 14.3 Å². The minimum atomic E-state index is -1.06. The van der Waals surface area contributed by atoms with Crippen molar-refractivity contribution in [2.24, 2.45) is 0 Å². The number of carboxylic acid groups (broad SMARTS) is 1. The predicted molar refractivity (Wildman–Crippen MR) is 81.1 cm³/mol. The Labute approximate surface area is 128 Å². The number of benzene rings is 1. The summed E-state index contributed by atoms with van der Waals surface area (Å²) in [6.07, 6.45) is 1.73. The van der Waals surface area contributed by atoms with Crippen LogP contribution in [0.25, 0.3) is 0 Å². The van der Waals surface area contributed by atoms with Crippen molar-refractivity contribution >= 4 is 5.97 Å². The number of hydrogen-bond donors (Lipinski definition) is 2. The van der Waals surface area contributed by atoms with Gasteiger partial charge in [0.25, 0.3) is 0 Å². The van der Waals surface area contributed by atoms with Crippen molar-refractivity contribution in [1.82, 2.24) is 15.1 Å². The van der Waals surface area contributed by atoms with Gasteiger partial charge < -0.3 is 10.4 Å². The van der Waals surface area contributed by atoms with Crippen LogP contribution in [0.5, 0.6) is 0 Å². The maximum absolute atomic E-state index is 13.7. The number of carbonyl (C=O) groups is 1. The maximum atomic E-state index is 13.7. The van der Waals surface area contributed by atoms with Gasteiger partial charge in [0.05, 0.1) is 16.8 Å². The molecule has 2 aromatic rings. The normalized spacial score (nSPS) is 11.6. The molecule has 0 atom stereocenters. The van der Waals surface area contributed by atoms with E-state index in [1.165, 1.54) is 18.2 Å². The molecule has 6 heteroatoms. The zero-order chi connectivity index (χ0) is 16.3. The monoisotopic (exact) mass is 305 g/mol.